The van der Waals surface area contributed by atoms with E-state index in [1.54, 1.807) is 17.0 Å². The highest BCUT2D eigenvalue weighted by atomic mass is 19.1. The van der Waals surface area contributed by atoms with Gasteiger partial charge in [0, 0.05) is 19.1 Å². The highest BCUT2D eigenvalue weighted by Crippen LogP contribution is 2.24. The number of nitrogens with zero attached hydrogens (tertiary/aromatic N) is 1. The molecule has 0 saturated carbocycles. The molecule has 1 aromatic rings. The SMILES string of the molecule is CCNC1CCCN(C(=O)c2c(F)cccc2OC)C1. The quantitative estimate of drug-likeness (QED) is 0.918. The van der Waals surface area contributed by atoms with Gasteiger partial charge in [-0.1, -0.05) is 13.0 Å². The number of hydrogen-bond donors (Lipinski definition) is 1. The number of likely N-dealkylation sites (tertiary alicyclic amines) is 1. The Morgan fingerprint density at radius 1 is 1.55 bits per heavy atom. The molecule has 1 N–H and O–H groups in total. The van der Waals surface area contributed by atoms with Gasteiger partial charge in [-0.15, -0.1) is 0 Å². The Hall–Kier alpha value is -1.62. The molecule has 1 saturated heterocycles. The first-order valence-corrected chi connectivity index (χ1v) is 7.02. The zero-order chi connectivity index (χ0) is 14.5. The van der Waals surface area contributed by atoms with Gasteiger partial charge >= 0.3 is 0 Å². The Labute approximate surface area is 118 Å². The first-order valence-electron chi connectivity index (χ1n) is 7.02. The van der Waals surface area contributed by atoms with E-state index in [0.29, 0.717) is 18.8 Å². The van der Waals surface area contributed by atoms with E-state index in [1.807, 2.05) is 6.92 Å². The Kier molecular flexibility index (Phi) is 4.95. The zero-order valence-electron chi connectivity index (χ0n) is 12.0. The van der Waals surface area contributed by atoms with Crippen LogP contribution in [0.4, 0.5) is 4.39 Å². The fourth-order valence-corrected chi connectivity index (χ4v) is 2.66. The van der Waals surface area contributed by atoms with Gasteiger partial charge in [-0.3, -0.25) is 4.79 Å². The normalized spacial score (nSPS) is 18.9. The van der Waals surface area contributed by atoms with Crippen LogP contribution in [-0.4, -0.2) is 43.6 Å². The molecule has 0 aromatic heterocycles. The maximum Gasteiger partial charge on any atom is 0.260 e. The molecule has 1 aliphatic heterocycles. The molecule has 1 amide bonds. The molecule has 1 atom stereocenters. The van der Waals surface area contributed by atoms with Crippen LogP contribution in [0.2, 0.25) is 0 Å². The summed E-state index contributed by atoms with van der Waals surface area (Å²) in [6.45, 7) is 4.19. The van der Waals surface area contributed by atoms with E-state index in [2.05, 4.69) is 5.32 Å². The van der Waals surface area contributed by atoms with Crippen LogP contribution in [0.3, 0.4) is 0 Å². The molecule has 5 heteroatoms. The van der Waals surface area contributed by atoms with E-state index in [4.69, 9.17) is 4.74 Å². The summed E-state index contributed by atoms with van der Waals surface area (Å²) >= 11 is 0. The topological polar surface area (TPSA) is 41.6 Å². The molecule has 110 valence electrons. The minimum Gasteiger partial charge on any atom is -0.496 e. The van der Waals surface area contributed by atoms with Crippen molar-refractivity contribution < 1.29 is 13.9 Å². The Bertz CT molecular complexity index is 477. The smallest absolute Gasteiger partial charge is 0.260 e. The third-order valence-electron chi connectivity index (χ3n) is 3.61. The first-order chi connectivity index (χ1) is 9.67. The second-order valence-electron chi connectivity index (χ2n) is 4.97. The van der Waals surface area contributed by atoms with Crippen molar-refractivity contribution in [2.24, 2.45) is 0 Å². The van der Waals surface area contributed by atoms with Gasteiger partial charge in [-0.2, -0.15) is 0 Å². The number of piperidine rings is 1. The second-order valence-corrected chi connectivity index (χ2v) is 4.97. The lowest BCUT2D eigenvalue weighted by molar-refractivity contribution is 0.0687. The molecular weight excluding hydrogens is 259 g/mol. The number of benzene rings is 1. The van der Waals surface area contributed by atoms with Crippen molar-refractivity contribution in [2.75, 3.05) is 26.7 Å². The van der Waals surface area contributed by atoms with E-state index in [-0.39, 0.29) is 17.5 Å². The lowest BCUT2D eigenvalue weighted by Gasteiger charge is -2.33. The average molecular weight is 280 g/mol. The maximum absolute atomic E-state index is 13.9. The molecule has 4 nitrogen and oxygen atoms in total. The van der Waals surface area contributed by atoms with Crippen molar-refractivity contribution in [1.29, 1.82) is 0 Å². The monoisotopic (exact) mass is 280 g/mol. The number of methoxy groups -OCH3 is 1. The zero-order valence-corrected chi connectivity index (χ0v) is 12.0. The Morgan fingerprint density at radius 3 is 3.05 bits per heavy atom. The van der Waals surface area contributed by atoms with E-state index in [0.717, 1.165) is 19.4 Å². The standard InChI is InChI=1S/C15H21FN2O2/c1-3-17-11-6-5-9-18(10-11)15(19)14-12(16)7-4-8-13(14)20-2/h4,7-8,11,17H,3,5-6,9-10H2,1-2H3. The number of amides is 1. The average Bonchev–Trinajstić information content (AvgIpc) is 2.47. The summed E-state index contributed by atoms with van der Waals surface area (Å²) in [5, 5.41) is 3.35. The van der Waals surface area contributed by atoms with E-state index in [1.165, 1.54) is 13.2 Å². The van der Waals surface area contributed by atoms with Crippen LogP contribution in [0.15, 0.2) is 18.2 Å². The summed E-state index contributed by atoms with van der Waals surface area (Å²) < 4.78 is 19.1. The summed E-state index contributed by atoms with van der Waals surface area (Å²) in [5.41, 5.74) is 0.0344. The first kappa shape index (κ1) is 14.8. The third-order valence-corrected chi connectivity index (χ3v) is 3.61. The lowest BCUT2D eigenvalue weighted by Crippen LogP contribution is -2.48. The number of hydrogen-bond acceptors (Lipinski definition) is 3. The molecule has 0 radical (unpaired) electrons. The van der Waals surface area contributed by atoms with Crippen molar-refractivity contribution in [2.45, 2.75) is 25.8 Å². The molecule has 1 aliphatic rings. The molecule has 20 heavy (non-hydrogen) atoms. The Balaban J connectivity index is 2.18. The highest BCUT2D eigenvalue weighted by Gasteiger charge is 2.27. The van der Waals surface area contributed by atoms with E-state index >= 15 is 0 Å². The van der Waals surface area contributed by atoms with Crippen LogP contribution >= 0.6 is 0 Å². The van der Waals surface area contributed by atoms with Crippen LogP contribution < -0.4 is 10.1 Å². The maximum atomic E-state index is 13.9. The number of likely N-dealkylation sites (N-methyl/N-ethyl adjacent to an activating group) is 1. The van der Waals surface area contributed by atoms with Crippen LogP contribution in [0.5, 0.6) is 5.75 Å². The summed E-state index contributed by atoms with van der Waals surface area (Å²) in [7, 11) is 1.45. The fraction of sp³-hybridized carbons (Fsp3) is 0.533. The van der Waals surface area contributed by atoms with E-state index < -0.39 is 5.82 Å². The van der Waals surface area contributed by atoms with Gasteiger partial charge in [0.15, 0.2) is 0 Å². The molecule has 1 aromatic carbocycles. The molecule has 1 heterocycles. The lowest BCUT2D eigenvalue weighted by atomic mass is 10.0. The number of nitrogens with one attached hydrogen (secondary N) is 1. The largest absolute Gasteiger partial charge is 0.496 e. The molecule has 2 rings (SSSR count). The highest BCUT2D eigenvalue weighted by molar-refractivity contribution is 5.97. The van der Waals surface area contributed by atoms with Crippen molar-refractivity contribution in [3.63, 3.8) is 0 Å². The Morgan fingerprint density at radius 2 is 2.35 bits per heavy atom. The molecule has 1 fully saturated rings. The number of rotatable bonds is 4. The predicted molar refractivity (Wildman–Crippen MR) is 75.6 cm³/mol. The van der Waals surface area contributed by atoms with Gasteiger partial charge in [0.2, 0.25) is 0 Å². The van der Waals surface area contributed by atoms with Gasteiger partial charge in [-0.25, -0.2) is 4.39 Å². The van der Waals surface area contributed by atoms with Crippen molar-refractivity contribution in [3.8, 4) is 5.75 Å². The minimum absolute atomic E-state index is 0.0344. The van der Waals surface area contributed by atoms with Gasteiger partial charge in [0.1, 0.15) is 17.1 Å². The third kappa shape index (κ3) is 3.10. The van der Waals surface area contributed by atoms with Crippen LogP contribution in [0.25, 0.3) is 0 Å². The van der Waals surface area contributed by atoms with Crippen molar-refractivity contribution in [3.05, 3.63) is 29.6 Å². The van der Waals surface area contributed by atoms with Gasteiger partial charge in [-0.05, 0) is 31.5 Å². The summed E-state index contributed by atoms with van der Waals surface area (Å²) in [5.74, 6) is -0.525. The van der Waals surface area contributed by atoms with Crippen molar-refractivity contribution in [1.82, 2.24) is 10.2 Å². The van der Waals surface area contributed by atoms with Crippen molar-refractivity contribution >= 4 is 5.91 Å². The molecule has 0 aliphatic carbocycles. The van der Waals surface area contributed by atoms with Gasteiger partial charge < -0.3 is 15.0 Å². The minimum atomic E-state index is -0.528. The number of halogens is 1. The number of ether oxygens (including phenoxy) is 1. The summed E-state index contributed by atoms with van der Waals surface area (Å²) in [6.07, 6.45) is 1.98. The molecule has 1 unspecified atom stereocenters. The van der Waals surface area contributed by atoms with Gasteiger partial charge in [0.05, 0.1) is 7.11 Å². The molecule has 0 bridgehead atoms. The number of carbonyl (C=O) groups is 1. The predicted octanol–water partition coefficient (Wildman–Crippen LogP) is 2.05. The van der Waals surface area contributed by atoms with Crippen LogP contribution in [0.1, 0.15) is 30.1 Å². The summed E-state index contributed by atoms with van der Waals surface area (Å²) in [6, 6.07) is 4.74. The van der Waals surface area contributed by atoms with Crippen LogP contribution in [-0.2, 0) is 0 Å². The van der Waals surface area contributed by atoms with Gasteiger partial charge in [0.25, 0.3) is 5.91 Å². The summed E-state index contributed by atoms with van der Waals surface area (Å²) in [4.78, 5) is 14.2. The second kappa shape index (κ2) is 6.70. The van der Waals surface area contributed by atoms with E-state index in [9.17, 15) is 9.18 Å². The molecule has 0 spiro atoms. The fourth-order valence-electron chi connectivity index (χ4n) is 2.66. The number of carbonyl (C=O) groups excluding carboxylic acids is 1. The van der Waals surface area contributed by atoms with Crippen LogP contribution in [0, 0.1) is 5.82 Å². The molecular formula is C15H21FN2O2.